The van der Waals surface area contributed by atoms with E-state index in [9.17, 15) is 0 Å². The maximum Gasteiger partial charge on any atom is 0.122 e. The van der Waals surface area contributed by atoms with E-state index in [1.807, 2.05) is 0 Å². The number of para-hydroxylation sites is 1. The standard InChI is InChI=1S/C18H31NO/c1-4-9-17(19-14-5-2)13-12-16-10-7-8-11-18(16)20-15-6-3/h7-8,10-11,17,19H,4-6,9,12-15H2,1-3H3. The first-order valence-corrected chi connectivity index (χ1v) is 8.25. The molecule has 1 N–H and O–H groups in total. The summed E-state index contributed by atoms with van der Waals surface area (Å²) in [5.74, 6) is 1.07. The van der Waals surface area contributed by atoms with Gasteiger partial charge in [0.15, 0.2) is 0 Å². The monoisotopic (exact) mass is 277 g/mol. The molecular formula is C18H31NO. The van der Waals surface area contributed by atoms with Gasteiger partial charge in [-0.3, -0.25) is 0 Å². The van der Waals surface area contributed by atoms with Crippen LogP contribution < -0.4 is 10.1 Å². The molecule has 0 saturated carbocycles. The minimum atomic E-state index is 0.638. The van der Waals surface area contributed by atoms with Gasteiger partial charge in [-0.15, -0.1) is 0 Å². The molecule has 2 nitrogen and oxygen atoms in total. The number of nitrogens with one attached hydrogen (secondary N) is 1. The third-order valence-corrected chi connectivity index (χ3v) is 3.52. The molecule has 0 amide bonds. The van der Waals surface area contributed by atoms with Crippen molar-refractivity contribution in [3.05, 3.63) is 29.8 Å². The molecule has 0 aliphatic rings. The third kappa shape index (κ3) is 6.42. The summed E-state index contributed by atoms with van der Waals surface area (Å²) in [5, 5.41) is 3.66. The van der Waals surface area contributed by atoms with Gasteiger partial charge in [0.05, 0.1) is 6.61 Å². The fourth-order valence-electron chi connectivity index (χ4n) is 2.44. The van der Waals surface area contributed by atoms with Crippen LogP contribution in [0.2, 0.25) is 0 Å². The normalized spacial score (nSPS) is 12.3. The largest absolute Gasteiger partial charge is 0.493 e. The molecule has 1 rings (SSSR count). The van der Waals surface area contributed by atoms with E-state index in [1.165, 1.54) is 31.2 Å². The predicted molar refractivity (Wildman–Crippen MR) is 87.5 cm³/mol. The highest BCUT2D eigenvalue weighted by Gasteiger charge is 2.09. The fraction of sp³-hybridized carbons (Fsp3) is 0.667. The van der Waals surface area contributed by atoms with Crippen LogP contribution in [0.5, 0.6) is 5.75 Å². The summed E-state index contributed by atoms with van der Waals surface area (Å²) in [6, 6.07) is 9.11. The van der Waals surface area contributed by atoms with Crippen LogP contribution >= 0.6 is 0 Å². The Balaban J connectivity index is 2.53. The summed E-state index contributed by atoms with van der Waals surface area (Å²) in [5.41, 5.74) is 1.35. The van der Waals surface area contributed by atoms with Gasteiger partial charge in [0.2, 0.25) is 0 Å². The second kappa shape index (κ2) is 10.7. The van der Waals surface area contributed by atoms with Crippen LogP contribution in [-0.2, 0) is 6.42 Å². The first-order valence-electron chi connectivity index (χ1n) is 8.25. The number of benzene rings is 1. The van der Waals surface area contributed by atoms with Crippen LogP contribution in [0.3, 0.4) is 0 Å². The molecule has 0 spiro atoms. The highest BCUT2D eigenvalue weighted by molar-refractivity contribution is 5.33. The van der Waals surface area contributed by atoms with Crippen molar-refractivity contribution in [1.29, 1.82) is 0 Å². The van der Waals surface area contributed by atoms with Crippen LogP contribution in [0, 0.1) is 0 Å². The van der Waals surface area contributed by atoms with Crippen LogP contribution in [-0.4, -0.2) is 19.2 Å². The fourth-order valence-corrected chi connectivity index (χ4v) is 2.44. The smallest absolute Gasteiger partial charge is 0.122 e. The second-order valence-electron chi connectivity index (χ2n) is 5.43. The molecule has 2 heteroatoms. The minimum Gasteiger partial charge on any atom is -0.493 e. The van der Waals surface area contributed by atoms with E-state index < -0.39 is 0 Å². The Kier molecular flexibility index (Phi) is 9.14. The van der Waals surface area contributed by atoms with E-state index in [0.717, 1.165) is 31.7 Å². The van der Waals surface area contributed by atoms with E-state index in [-0.39, 0.29) is 0 Å². The Hall–Kier alpha value is -1.02. The second-order valence-corrected chi connectivity index (χ2v) is 5.43. The van der Waals surface area contributed by atoms with Gasteiger partial charge >= 0.3 is 0 Å². The zero-order valence-corrected chi connectivity index (χ0v) is 13.5. The van der Waals surface area contributed by atoms with Gasteiger partial charge in [-0.2, -0.15) is 0 Å². The van der Waals surface area contributed by atoms with Crippen molar-refractivity contribution >= 4 is 0 Å². The first-order chi connectivity index (χ1) is 9.81. The zero-order chi connectivity index (χ0) is 14.6. The van der Waals surface area contributed by atoms with Gasteiger partial charge in [-0.1, -0.05) is 45.4 Å². The van der Waals surface area contributed by atoms with Crippen molar-refractivity contribution in [1.82, 2.24) is 5.32 Å². The molecule has 114 valence electrons. The Labute approximate surface area is 124 Å². The summed E-state index contributed by atoms with van der Waals surface area (Å²) < 4.78 is 5.84. The van der Waals surface area contributed by atoms with E-state index in [1.54, 1.807) is 0 Å². The van der Waals surface area contributed by atoms with Crippen molar-refractivity contribution in [2.24, 2.45) is 0 Å². The van der Waals surface area contributed by atoms with Gasteiger partial charge in [0.1, 0.15) is 5.75 Å². The predicted octanol–water partition coefficient (Wildman–Crippen LogP) is 4.58. The summed E-state index contributed by atoms with van der Waals surface area (Å²) in [7, 11) is 0. The highest BCUT2D eigenvalue weighted by atomic mass is 16.5. The van der Waals surface area contributed by atoms with Crippen LogP contribution in [0.1, 0.15) is 58.4 Å². The van der Waals surface area contributed by atoms with Crippen molar-refractivity contribution in [3.63, 3.8) is 0 Å². The molecule has 0 aliphatic heterocycles. The van der Waals surface area contributed by atoms with Crippen molar-refractivity contribution < 1.29 is 4.74 Å². The van der Waals surface area contributed by atoms with Crippen molar-refractivity contribution in [2.45, 2.75) is 65.3 Å². The van der Waals surface area contributed by atoms with Gasteiger partial charge in [-0.25, -0.2) is 0 Å². The molecule has 0 heterocycles. The lowest BCUT2D eigenvalue weighted by molar-refractivity contribution is 0.313. The number of hydrogen-bond acceptors (Lipinski definition) is 2. The first kappa shape index (κ1) is 17.0. The molecule has 0 aromatic heterocycles. The van der Waals surface area contributed by atoms with Crippen LogP contribution in [0.15, 0.2) is 24.3 Å². The van der Waals surface area contributed by atoms with E-state index in [2.05, 4.69) is 50.4 Å². The average Bonchev–Trinajstić information content (AvgIpc) is 2.48. The van der Waals surface area contributed by atoms with Crippen molar-refractivity contribution in [2.75, 3.05) is 13.2 Å². The van der Waals surface area contributed by atoms with E-state index in [0.29, 0.717) is 6.04 Å². The molecule has 1 unspecified atom stereocenters. The molecule has 0 bridgehead atoms. The molecule has 20 heavy (non-hydrogen) atoms. The number of hydrogen-bond donors (Lipinski definition) is 1. The lowest BCUT2D eigenvalue weighted by Crippen LogP contribution is -2.30. The Morgan fingerprint density at radius 2 is 1.80 bits per heavy atom. The molecule has 0 fully saturated rings. The summed E-state index contributed by atoms with van der Waals surface area (Å²) >= 11 is 0. The Bertz CT molecular complexity index is 351. The lowest BCUT2D eigenvalue weighted by atomic mass is 10.0. The van der Waals surface area contributed by atoms with E-state index in [4.69, 9.17) is 4.74 Å². The summed E-state index contributed by atoms with van der Waals surface area (Å²) in [4.78, 5) is 0. The van der Waals surface area contributed by atoms with Gasteiger partial charge in [-0.05, 0) is 50.3 Å². The zero-order valence-electron chi connectivity index (χ0n) is 13.5. The summed E-state index contributed by atoms with van der Waals surface area (Å²) in [6.45, 7) is 8.57. The molecule has 0 aliphatic carbocycles. The molecule has 0 saturated heterocycles. The number of ether oxygens (including phenoxy) is 1. The highest BCUT2D eigenvalue weighted by Crippen LogP contribution is 2.21. The van der Waals surface area contributed by atoms with Crippen LogP contribution in [0.4, 0.5) is 0 Å². The summed E-state index contributed by atoms with van der Waals surface area (Å²) in [6.07, 6.45) is 7.07. The minimum absolute atomic E-state index is 0.638. The Morgan fingerprint density at radius 1 is 1.00 bits per heavy atom. The molecule has 0 radical (unpaired) electrons. The quantitative estimate of drug-likeness (QED) is 0.639. The number of rotatable bonds is 11. The third-order valence-electron chi connectivity index (χ3n) is 3.52. The topological polar surface area (TPSA) is 21.3 Å². The SMILES string of the molecule is CCCNC(CCC)CCc1ccccc1OCCC. The van der Waals surface area contributed by atoms with E-state index >= 15 is 0 Å². The maximum atomic E-state index is 5.84. The maximum absolute atomic E-state index is 5.84. The molecule has 1 atom stereocenters. The molecular weight excluding hydrogens is 246 g/mol. The van der Waals surface area contributed by atoms with Gasteiger partial charge in [0.25, 0.3) is 0 Å². The Morgan fingerprint density at radius 3 is 2.50 bits per heavy atom. The van der Waals surface area contributed by atoms with Gasteiger partial charge in [0, 0.05) is 6.04 Å². The van der Waals surface area contributed by atoms with Crippen LogP contribution in [0.25, 0.3) is 0 Å². The average molecular weight is 277 g/mol. The lowest BCUT2D eigenvalue weighted by Gasteiger charge is -2.18. The number of aryl methyl sites for hydroxylation is 1. The molecule has 1 aromatic carbocycles. The molecule has 1 aromatic rings. The van der Waals surface area contributed by atoms with Gasteiger partial charge < -0.3 is 10.1 Å². The van der Waals surface area contributed by atoms with Crippen molar-refractivity contribution in [3.8, 4) is 5.75 Å².